The van der Waals surface area contributed by atoms with Crippen LogP contribution in [-0.2, 0) is 9.59 Å². The van der Waals surface area contributed by atoms with Gasteiger partial charge in [0.15, 0.2) is 0 Å². The van der Waals surface area contributed by atoms with Crippen molar-refractivity contribution < 1.29 is 14.3 Å². The molecule has 33 heavy (non-hydrogen) atoms. The number of halogens is 1. The molecule has 7 nitrogen and oxygen atoms in total. The van der Waals surface area contributed by atoms with E-state index in [2.05, 4.69) is 22.0 Å². The predicted molar refractivity (Wildman–Crippen MR) is 126 cm³/mol. The molecule has 3 atom stereocenters. The minimum Gasteiger partial charge on any atom is -0.490 e. The summed E-state index contributed by atoms with van der Waals surface area (Å²) in [7, 11) is 0. The molecule has 2 saturated carbocycles. The molecule has 4 rings (SSSR count). The molecule has 0 spiro atoms. The minimum absolute atomic E-state index is 0.0216. The third-order valence-corrected chi connectivity index (χ3v) is 7.46. The van der Waals surface area contributed by atoms with Gasteiger partial charge < -0.3 is 15.4 Å². The van der Waals surface area contributed by atoms with Gasteiger partial charge in [-0.25, -0.2) is 0 Å². The highest BCUT2D eigenvalue weighted by molar-refractivity contribution is 6.31. The number of ether oxygens (including phenoxy) is 1. The van der Waals surface area contributed by atoms with Gasteiger partial charge >= 0.3 is 0 Å². The molecule has 2 aliphatic carbocycles. The molecule has 0 bridgehead atoms. The fourth-order valence-corrected chi connectivity index (χ4v) is 5.49. The van der Waals surface area contributed by atoms with Gasteiger partial charge in [-0.2, -0.15) is 5.26 Å². The molecule has 0 aromatic heterocycles. The van der Waals surface area contributed by atoms with Crippen molar-refractivity contribution in [2.75, 3.05) is 0 Å². The zero-order valence-corrected chi connectivity index (χ0v) is 19.7. The summed E-state index contributed by atoms with van der Waals surface area (Å²) in [5.74, 6) is 1.03. The largest absolute Gasteiger partial charge is 0.490 e. The maximum Gasteiger partial charge on any atom is 0.225 e. The molecule has 3 N–H and O–H groups in total. The molecule has 3 fully saturated rings. The predicted octanol–water partition coefficient (Wildman–Crippen LogP) is 3.79. The van der Waals surface area contributed by atoms with Crippen LogP contribution in [0.4, 0.5) is 0 Å². The number of carbonyl (C=O) groups is 2. The number of carbonyl (C=O) groups excluding carboxylic acids is 2. The Bertz CT molecular complexity index is 894. The third-order valence-electron chi connectivity index (χ3n) is 7.13. The Morgan fingerprint density at radius 1 is 1.18 bits per heavy atom. The lowest BCUT2D eigenvalue weighted by atomic mass is 9.82. The Labute approximate surface area is 200 Å². The lowest BCUT2D eigenvalue weighted by Crippen LogP contribution is -2.62. The second-order valence-electron chi connectivity index (χ2n) is 9.53. The highest BCUT2D eigenvalue weighted by Crippen LogP contribution is 2.28. The van der Waals surface area contributed by atoms with E-state index in [9.17, 15) is 9.59 Å². The lowest BCUT2D eigenvalue weighted by molar-refractivity contribution is -0.130. The van der Waals surface area contributed by atoms with Crippen molar-refractivity contribution in [3.63, 3.8) is 0 Å². The fraction of sp³-hybridized carbons (Fsp3) is 0.640. The van der Waals surface area contributed by atoms with E-state index >= 15 is 0 Å². The van der Waals surface area contributed by atoms with Crippen LogP contribution >= 0.6 is 11.6 Å². The maximum atomic E-state index is 12.4. The Morgan fingerprint density at radius 2 is 1.97 bits per heavy atom. The maximum absolute atomic E-state index is 12.4. The van der Waals surface area contributed by atoms with Crippen LogP contribution in [0, 0.1) is 17.2 Å². The van der Waals surface area contributed by atoms with Crippen LogP contribution in [-0.4, -0.2) is 36.2 Å². The molecule has 1 aromatic rings. The first-order chi connectivity index (χ1) is 16.0. The second-order valence-corrected chi connectivity index (χ2v) is 9.94. The molecular formula is C25H33ClN4O3. The van der Waals surface area contributed by atoms with E-state index in [0.29, 0.717) is 28.8 Å². The lowest BCUT2D eigenvalue weighted by Gasteiger charge is -2.40. The summed E-state index contributed by atoms with van der Waals surface area (Å²) in [6, 6.07) is 7.68. The number of fused-ring (bicyclic) bond motifs is 1. The molecule has 1 heterocycles. The molecule has 178 valence electrons. The van der Waals surface area contributed by atoms with E-state index in [1.807, 2.05) is 0 Å². The van der Waals surface area contributed by atoms with Crippen LogP contribution in [0.25, 0.3) is 0 Å². The minimum atomic E-state index is -0.0216. The zero-order valence-electron chi connectivity index (χ0n) is 18.9. The molecule has 8 heteroatoms. The monoisotopic (exact) mass is 472 g/mol. The molecule has 1 aliphatic heterocycles. The fourth-order valence-electron chi connectivity index (χ4n) is 5.33. The molecular weight excluding hydrogens is 440 g/mol. The van der Waals surface area contributed by atoms with Crippen molar-refractivity contribution in [3.05, 3.63) is 28.8 Å². The average Bonchev–Trinajstić information content (AvgIpc) is 2.81. The van der Waals surface area contributed by atoms with Crippen LogP contribution in [0.1, 0.15) is 76.2 Å². The number of hydrogen-bond acceptors (Lipinski definition) is 5. The molecule has 1 saturated heterocycles. The number of benzene rings is 1. The smallest absolute Gasteiger partial charge is 0.225 e. The van der Waals surface area contributed by atoms with Gasteiger partial charge in [0, 0.05) is 18.5 Å². The van der Waals surface area contributed by atoms with E-state index in [1.165, 1.54) is 6.42 Å². The SMILES string of the molecule is N#Cc1cc(OC2CCC(NC(=O)CCCC3NC(=O)C4CCCCC4N3)CC2)ccc1Cl. The summed E-state index contributed by atoms with van der Waals surface area (Å²) in [4.78, 5) is 24.8. The zero-order chi connectivity index (χ0) is 23.2. The molecule has 3 unspecified atom stereocenters. The Kier molecular flexibility index (Phi) is 8.11. The van der Waals surface area contributed by atoms with Gasteiger partial charge in [0.1, 0.15) is 11.8 Å². The summed E-state index contributed by atoms with van der Waals surface area (Å²) >= 11 is 5.98. The van der Waals surface area contributed by atoms with Crippen LogP contribution in [0.2, 0.25) is 5.02 Å². The van der Waals surface area contributed by atoms with Crippen LogP contribution in [0.5, 0.6) is 5.75 Å². The molecule has 1 aromatic carbocycles. The van der Waals surface area contributed by atoms with Gasteiger partial charge in [-0.15, -0.1) is 0 Å². The van der Waals surface area contributed by atoms with Crippen LogP contribution in [0.15, 0.2) is 18.2 Å². The van der Waals surface area contributed by atoms with Crippen molar-refractivity contribution in [1.82, 2.24) is 16.0 Å². The first-order valence-corrected chi connectivity index (χ1v) is 12.6. The van der Waals surface area contributed by atoms with Crippen molar-refractivity contribution in [2.24, 2.45) is 5.92 Å². The Hall–Kier alpha value is -2.30. The molecule has 0 radical (unpaired) electrons. The quantitative estimate of drug-likeness (QED) is 0.560. The topological polar surface area (TPSA) is 103 Å². The van der Waals surface area contributed by atoms with Crippen LogP contribution < -0.4 is 20.7 Å². The molecule has 2 amide bonds. The normalized spacial score (nSPS) is 29.3. The van der Waals surface area contributed by atoms with Crippen molar-refractivity contribution in [2.45, 2.75) is 95.0 Å². The summed E-state index contributed by atoms with van der Waals surface area (Å²) < 4.78 is 6.02. The molecule has 3 aliphatic rings. The first kappa shape index (κ1) is 23.8. The second kappa shape index (κ2) is 11.2. The number of nitrogens with one attached hydrogen (secondary N) is 3. The third kappa shape index (κ3) is 6.39. The van der Waals surface area contributed by atoms with E-state index < -0.39 is 0 Å². The van der Waals surface area contributed by atoms with Gasteiger partial charge in [-0.3, -0.25) is 14.9 Å². The van der Waals surface area contributed by atoms with Crippen molar-refractivity contribution in [1.29, 1.82) is 5.26 Å². The number of hydrogen-bond donors (Lipinski definition) is 3. The Balaban J connectivity index is 1.13. The Morgan fingerprint density at radius 3 is 2.76 bits per heavy atom. The standard InChI is InChI=1S/C25H33ClN4O3/c26-21-13-12-19(14-16(21)15-27)33-18-10-8-17(9-11-18)28-24(31)7-3-6-23-29-22-5-2-1-4-20(22)25(32)30-23/h12-14,17-18,20,22-23,29H,1-11H2,(H,28,31)(H,30,32). The number of nitrogens with zero attached hydrogens (tertiary/aromatic N) is 1. The van der Waals surface area contributed by atoms with Gasteiger partial charge in [0.05, 0.1) is 28.8 Å². The van der Waals surface area contributed by atoms with E-state index in [4.69, 9.17) is 21.6 Å². The van der Waals surface area contributed by atoms with Crippen molar-refractivity contribution in [3.8, 4) is 11.8 Å². The van der Waals surface area contributed by atoms with Crippen molar-refractivity contribution >= 4 is 23.4 Å². The van der Waals surface area contributed by atoms with Gasteiger partial charge in [-0.1, -0.05) is 24.4 Å². The van der Waals surface area contributed by atoms with Gasteiger partial charge in [0.2, 0.25) is 11.8 Å². The highest BCUT2D eigenvalue weighted by Gasteiger charge is 2.37. The van der Waals surface area contributed by atoms with E-state index in [1.54, 1.807) is 18.2 Å². The summed E-state index contributed by atoms with van der Waals surface area (Å²) in [6.45, 7) is 0. The number of amides is 2. The summed E-state index contributed by atoms with van der Waals surface area (Å²) in [5, 5.41) is 19.4. The van der Waals surface area contributed by atoms with Gasteiger partial charge in [0.25, 0.3) is 0 Å². The first-order valence-electron chi connectivity index (χ1n) is 12.2. The number of nitriles is 1. The van der Waals surface area contributed by atoms with E-state index in [0.717, 1.165) is 57.8 Å². The van der Waals surface area contributed by atoms with Gasteiger partial charge in [-0.05, 0) is 69.6 Å². The van der Waals surface area contributed by atoms with E-state index in [-0.39, 0.29) is 36.0 Å². The highest BCUT2D eigenvalue weighted by atomic mass is 35.5. The summed E-state index contributed by atoms with van der Waals surface area (Å²) in [6.07, 6.45) is 9.88. The summed E-state index contributed by atoms with van der Waals surface area (Å²) in [5.41, 5.74) is 0.414. The average molecular weight is 473 g/mol. The number of rotatable bonds is 7. The van der Waals surface area contributed by atoms with Crippen LogP contribution in [0.3, 0.4) is 0 Å².